The third-order valence-electron chi connectivity index (χ3n) is 4.87. The fraction of sp³-hybridized carbons (Fsp3) is 0.471. The van der Waals surface area contributed by atoms with E-state index < -0.39 is 31.5 Å². The molecule has 0 bridgehead atoms. The maximum atomic E-state index is 15.2. The molecule has 1 saturated heterocycles. The lowest BCUT2D eigenvalue weighted by atomic mass is 10.1. The molecule has 1 heterocycles. The number of nitrogens with one attached hydrogen (secondary N) is 3. The van der Waals surface area contributed by atoms with E-state index in [-0.39, 0.29) is 42.7 Å². The lowest BCUT2D eigenvalue weighted by Crippen LogP contribution is -2.44. The van der Waals surface area contributed by atoms with Gasteiger partial charge in [0, 0.05) is 17.9 Å². The first-order valence-electron chi connectivity index (χ1n) is 8.74. The third-order valence-corrected chi connectivity index (χ3v) is 8.03. The number of phenols is 1. The highest BCUT2D eigenvalue weighted by molar-refractivity contribution is 7.92. The molecule has 2 amide bonds. The van der Waals surface area contributed by atoms with Crippen molar-refractivity contribution in [1.29, 1.82) is 0 Å². The van der Waals surface area contributed by atoms with Crippen LogP contribution in [0.15, 0.2) is 28.1 Å². The van der Waals surface area contributed by atoms with E-state index in [0.717, 1.165) is 6.42 Å². The Kier molecular flexibility index (Phi) is 6.09. The van der Waals surface area contributed by atoms with Crippen LogP contribution in [0, 0.1) is 0 Å². The summed E-state index contributed by atoms with van der Waals surface area (Å²) in [6.07, 6.45) is 2.62. The molecule has 1 aromatic rings. The molecular weight excluding hydrogens is 432 g/mol. The standard InChI is InChI=1S/C17H20Cl2FN3O4S/c18-10-2-1-3-12(10)22-16(25)23-13-5-4-11(19)15(14(13)24)28(26,27)17(20)6-8-21-9-7-17/h2,4-5,12,21,24H,1,3,6-9H2,(H2,22,23,25). The molecule has 2 aliphatic rings. The Morgan fingerprint density at radius 3 is 2.57 bits per heavy atom. The van der Waals surface area contributed by atoms with Gasteiger partial charge < -0.3 is 21.1 Å². The Labute approximate surface area is 172 Å². The number of aromatic hydroxyl groups is 1. The van der Waals surface area contributed by atoms with Gasteiger partial charge in [-0.05, 0) is 38.1 Å². The van der Waals surface area contributed by atoms with E-state index in [1.165, 1.54) is 12.1 Å². The van der Waals surface area contributed by atoms with Gasteiger partial charge in [0.25, 0.3) is 0 Å². The van der Waals surface area contributed by atoms with Crippen LogP contribution in [0.5, 0.6) is 5.75 Å². The number of piperidine rings is 1. The number of alkyl halides is 1. The summed E-state index contributed by atoms with van der Waals surface area (Å²) < 4.78 is 41.0. The lowest BCUT2D eigenvalue weighted by molar-refractivity contribution is 0.205. The van der Waals surface area contributed by atoms with Gasteiger partial charge in [-0.25, -0.2) is 17.6 Å². The SMILES string of the molecule is O=C(Nc1ccc(Cl)c(S(=O)(=O)C2(F)CCNCC2)c1O)NC1CCC=C1Cl. The molecule has 0 spiro atoms. The molecule has 154 valence electrons. The van der Waals surface area contributed by atoms with Crippen molar-refractivity contribution in [3.63, 3.8) is 0 Å². The summed E-state index contributed by atoms with van der Waals surface area (Å²) in [5.41, 5.74) is -0.198. The predicted octanol–water partition coefficient (Wildman–Crippen LogP) is 3.28. The highest BCUT2D eigenvalue weighted by Gasteiger charge is 2.48. The lowest BCUT2D eigenvalue weighted by Gasteiger charge is -2.30. The summed E-state index contributed by atoms with van der Waals surface area (Å²) in [5, 5.41) is 16.0. The summed E-state index contributed by atoms with van der Waals surface area (Å²) in [6.45, 7) is 0.369. The van der Waals surface area contributed by atoms with Crippen molar-refractivity contribution in [2.75, 3.05) is 18.4 Å². The van der Waals surface area contributed by atoms with Gasteiger partial charge in [-0.3, -0.25) is 0 Å². The van der Waals surface area contributed by atoms with Crippen LogP contribution in [0.1, 0.15) is 25.7 Å². The molecule has 1 aromatic carbocycles. The fourth-order valence-corrected chi connectivity index (χ4v) is 5.81. The topological polar surface area (TPSA) is 108 Å². The summed E-state index contributed by atoms with van der Waals surface area (Å²) in [5.74, 6) is -0.800. The molecule has 1 aliphatic carbocycles. The average Bonchev–Trinajstić information content (AvgIpc) is 3.02. The summed E-state index contributed by atoms with van der Waals surface area (Å²) in [4.78, 5) is 11.5. The number of halogens is 3. The van der Waals surface area contributed by atoms with Gasteiger partial charge in [0.2, 0.25) is 14.8 Å². The molecule has 3 rings (SSSR count). The Balaban J connectivity index is 1.88. The minimum Gasteiger partial charge on any atom is -0.504 e. The second-order valence-electron chi connectivity index (χ2n) is 6.73. The zero-order valence-corrected chi connectivity index (χ0v) is 17.1. The van der Waals surface area contributed by atoms with Crippen molar-refractivity contribution in [3.05, 3.63) is 28.3 Å². The van der Waals surface area contributed by atoms with Gasteiger partial charge in [-0.1, -0.05) is 29.3 Å². The van der Waals surface area contributed by atoms with Gasteiger partial charge in [-0.2, -0.15) is 0 Å². The number of allylic oxidation sites excluding steroid dienone is 1. The van der Waals surface area contributed by atoms with E-state index >= 15 is 4.39 Å². The van der Waals surface area contributed by atoms with Crippen molar-refractivity contribution < 1.29 is 22.7 Å². The first kappa shape index (κ1) is 21.2. The van der Waals surface area contributed by atoms with Crippen molar-refractivity contribution >= 4 is 44.8 Å². The molecule has 28 heavy (non-hydrogen) atoms. The van der Waals surface area contributed by atoms with E-state index in [9.17, 15) is 18.3 Å². The number of urea groups is 1. The molecular formula is C17H20Cl2FN3O4S. The van der Waals surface area contributed by atoms with Gasteiger partial charge in [0.1, 0.15) is 4.90 Å². The van der Waals surface area contributed by atoms with Crippen LogP contribution in [0.25, 0.3) is 0 Å². The van der Waals surface area contributed by atoms with Crippen LogP contribution >= 0.6 is 23.2 Å². The summed E-state index contributed by atoms with van der Waals surface area (Å²) in [6, 6.07) is 1.39. The second kappa shape index (κ2) is 8.06. The van der Waals surface area contributed by atoms with Crippen LogP contribution in [-0.2, 0) is 9.84 Å². The zero-order valence-electron chi connectivity index (χ0n) is 14.8. The fourth-order valence-electron chi connectivity index (χ4n) is 3.28. The number of benzene rings is 1. The number of hydrogen-bond donors (Lipinski definition) is 4. The summed E-state index contributed by atoms with van der Waals surface area (Å²) in [7, 11) is -4.60. The Morgan fingerprint density at radius 2 is 1.96 bits per heavy atom. The maximum absolute atomic E-state index is 15.2. The minimum absolute atomic E-state index is 0.185. The zero-order chi connectivity index (χ0) is 20.5. The van der Waals surface area contributed by atoms with E-state index in [2.05, 4.69) is 16.0 Å². The van der Waals surface area contributed by atoms with Crippen LogP contribution in [-0.4, -0.2) is 43.7 Å². The summed E-state index contributed by atoms with van der Waals surface area (Å²) >= 11 is 12.0. The predicted molar refractivity (Wildman–Crippen MR) is 105 cm³/mol. The third kappa shape index (κ3) is 3.94. The largest absolute Gasteiger partial charge is 0.504 e. The molecule has 7 nitrogen and oxygen atoms in total. The van der Waals surface area contributed by atoms with Crippen LogP contribution in [0.4, 0.5) is 14.9 Å². The Hall–Kier alpha value is -1.55. The first-order valence-corrected chi connectivity index (χ1v) is 11.0. The molecule has 0 aromatic heterocycles. The van der Waals surface area contributed by atoms with Gasteiger partial charge >= 0.3 is 6.03 Å². The molecule has 0 radical (unpaired) electrons. The quantitative estimate of drug-likeness (QED) is 0.525. The number of sulfone groups is 1. The highest BCUT2D eigenvalue weighted by atomic mass is 35.5. The van der Waals surface area contributed by atoms with Gasteiger partial charge in [-0.15, -0.1) is 0 Å². The Morgan fingerprint density at radius 1 is 1.29 bits per heavy atom. The maximum Gasteiger partial charge on any atom is 0.319 e. The molecule has 1 atom stereocenters. The molecule has 4 N–H and O–H groups in total. The van der Waals surface area contributed by atoms with Crippen LogP contribution in [0.2, 0.25) is 5.02 Å². The molecule has 1 fully saturated rings. The van der Waals surface area contributed by atoms with Crippen molar-refractivity contribution in [2.24, 2.45) is 0 Å². The van der Waals surface area contributed by atoms with E-state index in [0.29, 0.717) is 11.5 Å². The first-order chi connectivity index (χ1) is 13.2. The highest BCUT2D eigenvalue weighted by Crippen LogP contribution is 2.44. The van der Waals surface area contributed by atoms with E-state index in [1.807, 2.05) is 0 Å². The smallest absolute Gasteiger partial charge is 0.319 e. The van der Waals surface area contributed by atoms with Crippen molar-refractivity contribution in [1.82, 2.24) is 10.6 Å². The second-order valence-corrected chi connectivity index (χ2v) is 9.72. The number of amides is 2. The number of rotatable bonds is 4. The molecule has 1 unspecified atom stereocenters. The molecule has 0 saturated carbocycles. The monoisotopic (exact) mass is 451 g/mol. The number of anilines is 1. The average molecular weight is 452 g/mol. The van der Waals surface area contributed by atoms with Gasteiger partial charge in [0.15, 0.2) is 5.75 Å². The number of hydrogen-bond acceptors (Lipinski definition) is 5. The number of carbonyl (C=O) groups excluding carboxylic acids is 1. The Bertz CT molecular complexity index is 917. The van der Waals surface area contributed by atoms with Gasteiger partial charge in [0.05, 0.1) is 16.8 Å². The van der Waals surface area contributed by atoms with E-state index in [4.69, 9.17) is 23.2 Å². The van der Waals surface area contributed by atoms with Crippen LogP contribution < -0.4 is 16.0 Å². The van der Waals surface area contributed by atoms with Crippen LogP contribution in [0.3, 0.4) is 0 Å². The van der Waals surface area contributed by atoms with E-state index in [1.54, 1.807) is 6.08 Å². The van der Waals surface area contributed by atoms with Crippen molar-refractivity contribution in [3.8, 4) is 5.75 Å². The normalized spacial score (nSPS) is 21.8. The number of carbonyl (C=O) groups is 1. The molecule has 1 aliphatic heterocycles. The number of phenolic OH excluding ortho intramolecular Hbond substituents is 1. The minimum atomic E-state index is -4.60. The molecule has 11 heteroatoms. The van der Waals surface area contributed by atoms with Crippen molar-refractivity contribution in [2.45, 2.75) is 41.6 Å².